The number of anilines is 1. The van der Waals surface area contributed by atoms with Crippen LogP contribution in [0.4, 0.5) is 5.95 Å². The summed E-state index contributed by atoms with van der Waals surface area (Å²) in [5, 5.41) is 11.4. The zero-order valence-electron chi connectivity index (χ0n) is 11.1. The van der Waals surface area contributed by atoms with E-state index in [0.29, 0.717) is 17.9 Å². The third kappa shape index (κ3) is 3.25. The van der Waals surface area contributed by atoms with Crippen LogP contribution in [-0.4, -0.2) is 27.6 Å². The molecular weight excluding hydrogens is 254 g/mol. The van der Waals surface area contributed by atoms with E-state index < -0.39 is 0 Å². The van der Waals surface area contributed by atoms with Gasteiger partial charge in [-0.1, -0.05) is 17.9 Å². The first-order valence-corrected chi connectivity index (χ1v) is 6.22. The number of hydrogen-bond donors (Lipinski definition) is 3. The van der Waals surface area contributed by atoms with Crippen LogP contribution in [0.2, 0.25) is 0 Å². The Labute approximate surface area is 117 Å². The average molecular weight is 269 g/mol. The molecule has 0 saturated heterocycles. The topological polar surface area (TPSA) is 78.0 Å². The van der Waals surface area contributed by atoms with Crippen LogP contribution in [0.15, 0.2) is 30.6 Å². The van der Waals surface area contributed by atoms with E-state index in [-0.39, 0.29) is 12.5 Å². The van der Waals surface area contributed by atoms with E-state index >= 15 is 0 Å². The van der Waals surface area contributed by atoms with Crippen LogP contribution >= 0.6 is 0 Å². The lowest BCUT2D eigenvalue weighted by Gasteiger charge is -2.07. The maximum atomic E-state index is 12.2. The molecule has 0 aliphatic carbocycles. The third-order valence-electron chi connectivity index (χ3n) is 2.77. The van der Waals surface area contributed by atoms with E-state index in [2.05, 4.69) is 27.1 Å². The van der Waals surface area contributed by atoms with Gasteiger partial charge in [0.25, 0.3) is 5.91 Å². The standard InChI is InChI=1S/C15H15N3O2/c1-11-12(5-2-3-10-19)6-4-7-13(11)14(20)18-15-16-8-9-17-15/h4,6-9,19H,3,10H2,1H3,(H2,16,17,18,20). The number of nitrogens with one attached hydrogen (secondary N) is 2. The number of hydrogen-bond acceptors (Lipinski definition) is 3. The van der Waals surface area contributed by atoms with Crippen LogP contribution in [0.5, 0.6) is 0 Å². The van der Waals surface area contributed by atoms with Crippen LogP contribution < -0.4 is 5.32 Å². The molecule has 2 aromatic rings. The molecular formula is C15H15N3O2. The number of aliphatic hydroxyl groups is 1. The monoisotopic (exact) mass is 269 g/mol. The Morgan fingerprint density at radius 3 is 3.05 bits per heavy atom. The Morgan fingerprint density at radius 1 is 1.50 bits per heavy atom. The Hall–Kier alpha value is -2.58. The molecule has 5 nitrogen and oxygen atoms in total. The van der Waals surface area contributed by atoms with Gasteiger partial charge in [0.15, 0.2) is 0 Å². The van der Waals surface area contributed by atoms with Crippen molar-refractivity contribution < 1.29 is 9.90 Å². The van der Waals surface area contributed by atoms with Gasteiger partial charge in [0, 0.05) is 29.9 Å². The molecule has 102 valence electrons. The summed E-state index contributed by atoms with van der Waals surface area (Å²) in [6.45, 7) is 1.88. The number of aromatic nitrogens is 2. The fourth-order valence-corrected chi connectivity index (χ4v) is 1.74. The van der Waals surface area contributed by atoms with Crippen molar-refractivity contribution in [2.75, 3.05) is 11.9 Å². The molecule has 0 bridgehead atoms. The zero-order valence-corrected chi connectivity index (χ0v) is 11.1. The lowest BCUT2D eigenvalue weighted by atomic mass is 10.0. The van der Waals surface area contributed by atoms with Gasteiger partial charge < -0.3 is 10.1 Å². The highest BCUT2D eigenvalue weighted by molar-refractivity contribution is 6.04. The molecule has 0 atom stereocenters. The number of imidazole rings is 1. The highest BCUT2D eigenvalue weighted by atomic mass is 16.2. The molecule has 0 spiro atoms. The Morgan fingerprint density at radius 2 is 2.35 bits per heavy atom. The van der Waals surface area contributed by atoms with Gasteiger partial charge in [0.05, 0.1) is 6.61 Å². The van der Waals surface area contributed by atoms with Crippen molar-refractivity contribution in [3.8, 4) is 11.8 Å². The van der Waals surface area contributed by atoms with Crippen LogP contribution in [0, 0.1) is 18.8 Å². The number of H-pyrrole nitrogens is 1. The smallest absolute Gasteiger partial charge is 0.258 e. The summed E-state index contributed by atoms with van der Waals surface area (Å²) < 4.78 is 0. The summed E-state index contributed by atoms with van der Waals surface area (Å²) in [5.41, 5.74) is 2.14. The van der Waals surface area contributed by atoms with Gasteiger partial charge >= 0.3 is 0 Å². The van der Waals surface area contributed by atoms with E-state index in [0.717, 1.165) is 11.1 Å². The van der Waals surface area contributed by atoms with Crippen LogP contribution in [0.1, 0.15) is 27.9 Å². The van der Waals surface area contributed by atoms with Gasteiger partial charge in [-0.15, -0.1) is 0 Å². The van der Waals surface area contributed by atoms with Crippen LogP contribution in [0.3, 0.4) is 0 Å². The molecule has 20 heavy (non-hydrogen) atoms. The van der Waals surface area contributed by atoms with Gasteiger partial charge in [-0.05, 0) is 24.6 Å². The van der Waals surface area contributed by atoms with Gasteiger partial charge in [0.1, 0.15) is 0 Å². The predicted octanol–water partition coefficient (Wildman–Crippen LogP) is 1.70. The van der Waals surface area contributed by atoms with Gasteiger partial charge in [-0.25, -0.2) is 4.98 Å². The van der Waals surface area contributed by atoms with E-state index in [1.165, 1.54) is 0 Å². The Balaban J connectivity index is 2.22. The first-order valence-electron chi connectivity index (χ1n) is 6.22. The first kappa shape index (κ1) is 13.8. The second kappa shape index (κ2) is 6.55. The highest BCUT2D eigenvalue weighted by Gasteiger charge is 2.11. The molecule has 0 radical (unpaired) electrons. The maximum absolute atomic E-state index is 12.2. The molecule has 0 aliphatic heterocycles. The average Bonchev–Trinajstić information content (AvgIpc) is 2.93. The fourth-order valence-electron chi connectivity index (χ4n) is 1.74. The number of benzene rings is 1. The third-order valence-corrected chi connectivity index (χ3v) is 2.77. The van der Waals surface area contributed by atoms with Crippen LogP contribution in [0.25, 0.3) is 0 Å². The molecule has 0 aliphatic rings. The predicted molar refractivity (Wildman–Crippen MR) is 76.3 cm³/mol. The quantitative estimate of drug-likeness (QED) is 0.742. The molecule has 5 heteroatoms. The van der Waals surface area contributed by atoms with E-state index in [1.807, 2.05) is 13.0 Å². The van der Waals surface area contributed by atoms with Crippen molar-refractivity contribution >= 4 is 11.9 Å². The molecule has 1 heterocycles. The number of nitrogens with zero attached hydrogens (tertiary/aromatic N) is 1. The minimum absolute atomic E-state index is 0.0325. The van der Waals surface area contributed by atoms with Crippen molar-refractivity contribution in [2.45, 2.75) is 13.3 Å². The zero-order chi connectivity index (χ0) is 14.4. The number of carbonyl (C=O) groups excluding carboxylic acids is 1. The van der Waals surface area contributed by atoms with Crippen molar-refractivity contribution in [3.05, 3.63) is 47.3 Å². The van der Waals surface area contributed by atoms with Gasteiger partial charge in [0.2, 0.25) is 5.95 Å². The summed E-state index contributed by atoms with van der Waals surface area (Å²) in [5.74, 6) is 5.98. The maximum Gasteiger partial charge on any atom is 0.258 e. The molecule has 1 aromatic carbocycles. The number of amides is 1. The van der Waals surface area contributed by atoms with Crippen molar-refractivity contribution in [3.63, 3.8) is 0 Å². The van der Waals surface area contributed by atoms with Crippen molar-refractivity contribution in [1.82, 2.24) is 9.97 Å². The largest absolute Gasteiger partial charge is 0.395 e. The van der Waals surface area contributed by atoms with Crippen molar-refractivity contribution in [2.24, 2.45) is 0 Å². The fraction of sp³-hybridized carbons (Fsp3) is 0.200. The molecule has 2 rings (SSSR count). The number of aromatic amines is 1. The second-order valence-electron chi connectivity index (χ2n) is 4.15. The van der Waals surface area contributed by atoms with E-state index in [1.54, 1.807) is 24.5 Å². The molecule has 1 aromatic heterocycles. The highest BCUT2D eigenvalue weighted by Crippen LogP contribution is 2.14. The Kier molecular flexibility index (Phi) is 4.53. The summed E-state index contributed by atoms with van der Waals surface area (Å²) in [6.07, 6.45) is 3.63. The lowest BCUT2D eigenvalue weighted by Crippen LogP contribution is -2.14. The van der Waals surface area contributed by atoms with E-state index in [4.69, 9.17) is 5.11 Å². The summed E-state index contributed by atoms with van der Waals surface area (Å²) in [4.78, 5) is 18.9. The minimum Gasteiger partial charge on any atom is -0.395 e. The minimum atomic E-state index is -0.233. The van der Waals surface area contributed by atoms with E-state index in [9.17, 15) is 4.79 Å². The number of carbonyl (C=O) groups is 1. The summed E-state index contributed by atoms with van der Waals surface area (Å²) >= 11 is 0. The van der Waals surface area contributed by atoms with Crippen LogP contribution in [-0.2, 0) is 0 Å². The molecule has 0 unspecified atom stereocenters. The number of rotatable bonds is 3. The van der Waals surface area contributed by atoms with Crippen molar-refractivity contribution in [1.29, 1.82) is 0 Å². The molecule has 0 saturated carbocycles. The molecule has 3 N–H and O–H groups in total. The van der Waals surface area contributed by atoms with Gasteiger partial charge in [-0.2, -0.15) is 0 Å². The molecule has 0 fully saturated rings. The van der Waals surface area contributed by atoms with Gasteiger partial charge in [-0.3, -0.25) is 10.1 Å². The second-order valence-corrected chi connectivity index (χ2v) is 4.15. The summed E-state index contributed by atoms with van der Waals surface area (Å²) in [7, 11) is 0. The lowest BCUT2D eigenvalue weighted by molar-refractivity contribution is 0.102. The molecule has 1 amide bonds. The Bertz CT molecular complexity index is 651. The SMILES string of the molecule is Cc1c(C#CCCO)cccc1C(=O)Nc1ncc[nH]1. The normalized spacial score (nSPS) is 9.70. The first-order chi connectivity index (χ1) is 9.72. The number of aliphatic hydroxyl groups excluding tert-OH is 1. The summed E-state index contributed by atoms with van der Waals surface area (Å²) in [6, 6.07) is 5.38.